The molecule has 1 spiro atoms. The second-order valence-corrected chi connectivity index (χ2v) is 5.64. The van der Waals surface area contributed by atoms with E-state index in [1.165, 1.54) is 19.3 Å². The van der Waals surface area contributed by atoms with Gasteiger partial charge in [-0.1, -0.05) is 6.42 Å². The van der Waals surface area contributed by atoms with Gasteiger partial charge in [-0.2, -0.15) is 0 Å². The van der Waals surface area contributed by atoms with Crippen molar-refractivity contribution in [1.82, 2.24) is 0 Å². The summed E-state index contributed by atoms with van der Waals surface area (Å²) < 4.78 is 5.86. The van der Waals surface area contributed by atoms with Gasteiger partial charge >= 0.3 is 0 Å². The molecular formula is C14H25NO2. The lowest BCUT2D eigenvalue weighted by atomic mass is 9.71. The molecule has 1 saturated carbocycles. The average Bonchev–Trinajstić information content (AvgIpc) is 2.32. The van der Waals surface area contributed by atoms with Crippen LogP contribution in [0.2, 0.25) is 0 Å². The Bertz CT molecular complexity index is 261. The highest BCUT2D eigenvalue weighted by Crippen LogP contribution is 2.44. The number of unbranched alkanes of at least 4 members (excludes halogenated alkanes) is 2. The molecule has 0 aromatic carbocycles. The maximum atomic E-state index is 12.1. The van der Waals surface area contributed by atoms with E-state index in [9.17, 15) is 4.79 Å². The fourth-order valence-electron chi connectivity index (χ4n) is 3.05. The van der Waals surface area contributed by atoms with Gasteiger partial charge < -0.3 is 10.5 Å². The Balaban J connectivity index is 1.71. The summed E-state index contributed by atoms with van der Waals surface area (Å²) in [6.45, 7) is 1.54. The predicted molar refractivity (Wildman–Crippen MR) is 67.8 cm³/mol. The van der Waals surface area contributed by atoms with Crippen molar-refractivity contribution in [3.05, 3.63) is 0 Å². The molecule has 1 atom stereocenters. The maximum Gasteiger partial charge on any atom is 0.136 e. The smallest absolute Gasteiger partial charge is 0.136 e. The number of rotatable bonds is 6. The molecule has 3 nitrogen and oxygen atoms in total. The number of hydrogen-bond donors (Lipinski definition) is 1. The van der Waals surface area contributed by atoms with Crippen LogP contribution in [-0.2, 0) is 9.53 Å². The minimum atomic E-state index is 0.107. The molecule has 0 amide bonds. The highest BCUT2D eigenvalue weighted by Gasteiger charge is 2.43. The molecular weight excluding hydrogens is 214 g/mol. The summed E-state index contributed by atoms with van der Waals surface area (Å²) in [6.07, 6.45) is 9.45. The summed E-state index contributed by atoms with van der Waals surface area (Å²) in [5, 5.41) is 0. The third-order valence-corrected chi connectivity index (χ3v) is 4.34. The molecule has 17 heavy (non-hydrogen) atoms. The molecule has 0 radical (unpaired) electrons. The molecule has 0 bridgehead atoms. The Hall–Kier alpha value is -0.410. The van der Waals surface area contributed by atoms with Gasteiger partial charge in [0.15, 0.2) is 0 Å². The van der Waals surface area contributed by atoms with Crippen molar-refractivity contribution in [1.29, 1.82) is 0 Å². The molecule has 1 aliphatic heterocycles. The van der Waals surface area contributed by atoms with Gasteiger partial charge in [-0.05, 0) is 51.5 Å². The van der Waals surface area contributed by atoms with Gasteiger partial charge in [-0.15, -0.1) is 0 Å². The van der Waals surface area contributed by atoms with Crippen LogP contribution < -0.4 is 5.73 Å². The highest BCUT2D eigenvalue weighted by molar-refractivity contribution is 5.81. The zero-order valence-corrected chi connectivity index (χ0v) is 10.7. The Morgan fingerprint density at radius 3 is 2.76 bits per heavy atom. The van der Waals surface area contributed by atoms with E-state index in [4.69, 9.17) is 10.5 Å². The van der Waals surface area contributed by atoms with Crippen molar-refractivity contribution in [3.8, 4) is 0 Å². The van der Waals surface area contributed by atoms with Crippen LogP contribution in [0.25, 0.3) is 0 Å². The molecule has 1 heterocycles. The van der Waals surface area contributed by atoms with E-state index in [1.54, 1.807) is 0 Å². The number of ether oxygens (including phenoxy) is 1. The monoisotopic (exact) mass is 239 g/mol. The van der Waals surface area contributed by atoms with Gasteiger partial charge in [-0.25, -0.2) is 0 Å². The summed E-state index contributed by atoms with van der Waals surface area (Å²) in [4.78, 5) is 12.1. The van der Waals surface area contributed by atoms with Crippen LogP contribution in [0.5, 0.6) is 0 Å². The minimum Gasteiger partial charge on any atom is -0.375 e. The zero-order valence-electron chi connectivity index (χ0n) is 10.7. The summed E-state index contributed by atoms with van der Waals surface area (Å²) in [6, 6.07) is 0. The third kappa shape index (κ3) is 3.29. The van der Waals surface area contributed by atoms with Crippen molar-refractivity contribution in [3.63, 3.8) is 0 Å². The molecule has 1 aliphatic carbocycles. The Morgan fingerprint density at radius 1 is 1.29 bits per heavy atom. The SMILES string of the molecule is NCCCCCC(=O)C1CCOC2(CCC2)C1. The molecule has 0 aromatic rings. The van der Waals surface area contributed by atoms with Crippen molar-refractivity contribution in [2.24, 2.45) is 11.7 Å². The minimum absolute atomic E-state index is 0.107. The number of carbonyl (C=O) groups excluding carboxylic acids is 1. The van der Waals surface area contributed by atoms with E-state index in [0.29, 0.717) is 5.78 Å². The number of carbonyl (C=O) groups is 1. The molecule has 1 unspecified atom stereocenters. The molecule has 0 aromatic heterocycles. The van der Waals surface area contributed by atoms with Crippen molar-refractivity contribution < 1.29 is 9.53 Å². The first-order valence-electron chi connectivity index (χ1n) is 7.12. The zero-order chi connectivity index (χ0) is 12.1. The van der Waals surface area contributed by atoms with Crippen LogP contribution in [0.1, 0.15) is 57.8 Å². The van der Waals surface area contributed by atoms with Crippen molar-refractivity contribution in [2.45, 2.75) is 63.4 Å². The largest absolute Gasteiger partial charge is 0.375 e. The second kappa shape index (κ2) is 5.96. The topological polar surface area (TPSA) is 52.3 Å². The first-order chi connectivity index (χ1) is 8.26. The van der Waals surface area contributed by atoms with E-state index >= 15 is 0 Å². The Labute approximate surface area is 104 Å². The lowest BCUT2D eigenvalue weighted by Crippen LogP contribution is -2.47. The van der Waals surface area contributed by atoms with Crippen LogP contribution in [-0.4, -0.2) is 24.5 Å². The summed E-state index contributed by atoms with van der Waals surface area (Å²) in [5.74, 6) is 0.749. The number of ketones is 1. The van der Waals surface area contributed by atoms with Crippen molar-refractivity contribution in [2.75, 3.05) is 13.2 Å². The maximum absolute atomic E-state index is 12.1. The first kappa shape index (κ1) is 13.0. The summed E-state index contributed by atoms with van der Waals surface area (Å²) in [7, 11) is 0. The Morgan fingerprint density at radius 2 is 2.12 bits per heavy atom. The van der Waals surface area contributed by atoms with Gasteiger partial charge in [0.2, 0.25) is 0 Å². The molecule has 2 N–H and O–H groups in total. The fraction of sp³-hybridized carbons (Fsp3) is 0.929. The molecule has 1 saturated heterocycles. The van der Waals surface area contributed by atoms with Gasteiger partial charge in [0.1, 0.15) is 5.78 Å². The molecule has 2 rings (SSSR count). The molecule has 3 heteroatoms. The van der Waals surface area contributed by atoms with E-state index in [-0.39, 0.29) is 11.5 Å². The normalized spacial score (nSPS) is 26.8. The average molecular weight is 239 g/mol. The standard InChI is InChI=1S/C14H25NO2/c15-9-3-1-2-5-13(16)12-6-10-17-14(11-12)7-4-8-14/h12H,1-11,15H2. The van der Waals surface area contributed by atoms with Crippen LogP contribution in [0, 0.1) is 5.92 Å². The number of Topliss-reactive ketones (excluding diaryl/α,β-unsaturated/α-hetero) is 1. The quantitative estimate of drug-likeness (QED) is 0.724. The van der Waals surface area contributed by atoms with Crippen LogP contribution in [0.3, 0.4) is 0 Å². The van der Waals surface area contributed by atoms with Gasteiger partial charge in [0.05, 0.1) is 5.60 Å². The van der Waals surface area contributed by atoms with Crippen LogP contribution >= 0.6 is 0 Å². The van der Waals surface area contributed by atoms with Gasteiger partial charge in [0, 0.05) is 18.9 Å². The van der Waals surface area contributed by atoms with E-state index < -0.39 is 0 Å². The van der Waals surface area contributed by atoms with Gasteiger partial charge in [-0.3, -0.25) is 4.79 Å². The molecule has 98 valence electrons. The lowest BCUT2D eigenvalue weighted by Gasteiger charge is -2.46. The molecule has 2 fully saturated rings. The van der Waals surface area contributed by atoms with E-state index in [1.807, 2.05) is 0 Å². The van der Waals surface area contributed by atoms with E-state index in [2.05, 4.69) is 0 Å². The lowest BCUT2D eigenvalue weighted by molar-refractivity contribution is -0.155. The highest BCUT2D eigenvalue weighted by atomic mass is 16.5. The third-order valence-electron chi connectivity index (χ3n) is 4.34. The Kier molecular flexibility index (Phi) is 4.57. The van der Waals surface area contributed by atoms with E-state index in [0.717, 1.165) is 51.7 Å². The van der Waals surface area contributed by atoms with Gasteiger partial charge in [0.25, 0.3) is 0 Å². The number of hydrogen-bond acceptors (Lipinski definition) is 3. The summed E-state index contributed by atoms with van der Waals surface area (Å²) in [5.41, 5.74) is 5.55. The first-order valence-corrected chi connectivity index (χ1v) is 7.12. The van der Waals surface area contributed by atoms with Crippen molar-refractivity contribution >= 4 is 5.78 Å². The number of nitrogens with two attached hydrogens (primary N) is 1. The fourth-order valence-corrected chi connectivity index (χ4v) is 3.05. The van der Waals surface area contributed by atoms with Crippen LogP contribution in [0.4, 0.5) is 0 Å². The predicted octanol–water partition coefficient (Wildman–Crippen LogP) is 2.42. The molecule has 2 aliphatic rings. The van der Waals surface area contributed by atoms with Crippen LogP contribution in [0.15, 0.2) is 0 Å². The second-order valence-electron chi connectivity index (χ2n) is 5.64. The summed E-state index contributed by atoms with van der Waals surface area (Å²) >= 11 is 0.